The van der Waals surface area contributed by atoms with Crippen molar-refractivity contribution in [1.29, 1.82) is 0 Å². The molecular weight excluding hydrogens is 424 g/mol. The quantitative estimate of drug-likeness (QED) is 0.305. The molecule has 1 atom stereocenters. The molecule has 2 aromatic heterocycles. The first kappa shape index (κ1) is 23.5. The summed E-state index contributed by atoms with van der Waals surface area (Å²) in [5.41, 5.74) is 5.92. The number of benzene rings is 2. The number of esters is 1. The summed E-state index contributed by atoms with van der Waals surface area (Å²) in [5, 5.41) is 4.83. The van der Waals surface area contributed by atoms with Gasteiger partial charge in [-0.15, -0.1) is 0 Å². The molecule has 2 aromatic carbocycles. The summed E-state index contributed by atoms with van der Waals surface area (Å²) in [4.78, 5) is 22.5. The number of hydrogen-bond acceptors (Lipinski definition) is 5. The molecular formula is C28H32N4O2. The normalized spacial score (nSPS) is 12.1. The van der Waals surface area contributed by atoms with E-state index in [9.17, 15) is 4.79 Å². The Morgan fingerprint density at radius 1 is 1.06 bits per heavy atom. The van der Waals surface area contributed by atoms with Gasteiger partial charge in [-0.3, -0.25) is 4.98 Å². The second-order valence-electron chi connectivity index (χ2n) is 8.31. The molecule has 6 nitrogen and oxygen atoms in total. The topological polar surface area (TPSA) is 70.2 Å². The number of ether oxygens (including phenoxy) is 1. The van der Waals surface area contributed by atoms with Gasteiger partial charge in [-0.05, 0) is 62.0 Å². The number of carbonyl (C=O) groups excluding carboxylic acids is 1. The van der Waals surface area contributed by atoms with Crippen LogP contribution >= 0.6 is 0 Å². The molecule has 0 aliphatic carbocycles. The van der Waals surface area contributed by atoms with Crippen molar-refractivity contribution in [3.8, 4) is 0 Å². The largest absolute Gasteiger partial charge is 0.461 e. The number of hydrogen-bond donors (Lipinski definition) is 2. The Morgan fingerprint density at radius 3 is 2.53 bits per heavy atom. The van der Waals surface area contributed by atoms with Gasteiger partial charge in [0.25, 0.3) is 0 Å². The number of nitrogens with zero attached hydrogens (tertiary/aromatic N) is 2. The van der Waals surface area contributed by atoms with Crippen molar-refractivity contribution in [3.63, 3.8) is 0 Å². The van der Waals surface area contributed by atoms with E-state index in [-0.39, 0.29) is 12.0 Å². The van der Waals surface area contributed by atoms with E-state index in [1.165, 1.54) is 10.9 Å². The maximum absolute atomic E-state index is 12.5. The number of carbonyl (C=O) groups is 1. The van der Waals surface area contributed by atoms with Crippen molar-refractivity contribution in [3.05, 3.63) is 95.4 Å². The Morgan fingerprint density at radius 2 is 1.82 bits per heavy atom. The van der Waals surface area contributed by atoms with Gasteiger partial charge in [0.2, 0.25) is 0 Å². The number of aromatic nitrogens is 2. The number of anilines is 1. The Kier molecular flexibility index (Phi) is 7.60. The number of aryl methyl sites for hydroxylation is 1. The highest BCUT2D eigenvalue weighted by Crippen LogP contribution is 2.34. The number of pyridine rings is 1. The molecule has 2 N–H and O–H groups in total. The van der Waals surface area contributed by atoms with Crippen LogP contribution in [0, 0.1) is 6.92 Å². The van der Waals surface area contributed by atoms with Crippen molar-refractivity contribution >= 4 is 22.6 Å². The van der Waals surface area contributed by atoms with Gasteiger partial charge in [-0.1, -0.05) is 38.1 Å². The zero-order valence-electron chi connectivity index (χ0n) is 20.0. The lowest BCUT2D eigenvalue weighted by Crippen LogP contribution is -2.27. The number of fused-ring (bicyclic) bond motifs is 1. The standard InChI is InChI=1S/C28H32N4O2/c1-4-32(5-2)17-18-34-28(33)21-12-14-23(15-13-21)31-27(22-9-8-16-29-19-22)26-20(3)30-25-11-7-6-10-24(25)26/h6-16,19,27,30-31H,4-5,17-18H2,1-3H3. The first-order valence-electron chi connectivity index (χ1n) is 11.8. The highest BCUT2D eigenvalue weighted by atomic mass is 16.5. The molecule has 0 radical (unpaired) electrons. The van der Waals surface area contributed by atoms with Crippen LogP contribution in [0.1, 0.15) is 47.1 Å². The minimum Gasteiger partial charge on any atom is -0.461 e. The number of rotatable bonds is 10. The maximum Gasteiger partial charge on any atom is 0.338 e. The summed E-state index contributed by atoms with van der Waals surface area (Å²) < 4.78 is 5.46. The van der Waals surface area contributed by atoms with Gasteiger partial charge < -0.3 is 19.9 Å². The molecule has 0 aliphatic rings. The average molecular weight is 457 g/mol. The van der Waals surface area contributed by atoms with Gasteiger partial charge in [0.05, 0.1) is 11.6 Å². The SMILES string of the molecule is CCN(CC)CCOC(=O)c1ccc(NC(c2cccnc2)c2c(C)[nH]c3ccccc23)cc1. The van der Waals surface area contributed by atoms with Crippen LogP contribution in [0.2, 0.25) is 0 Å². The van der Waals surface area contributed by atoms with Gasteiger partial charge in [0, 0.05) is 46.8 Å². The van der Waals surface area contributed by atoms with E-state index in [2.05, 4.69) is 65.2 Å². The van der Waals surface area contributed by atoms with Gasteiger partial charge in [-0.25, -0.2) is 4.79 Å². The van der Waals surface area contributed by atoms with Crippen molar-refractivity contribution in [2.45, 2.75) is 26.8 Å². The Bertz CT molecular complexity index is 1210. The molecule has 0 aliphatic heterocycles. The highest BCUT2D eigenvalue weighted by Gasteiger charge is 2.21. The smallest absolute Gasteiger partial charge is 0.338 e. The van der Waals surface area contributed by atoms with Crippen LogP contribution in [-0.4, -0.2) is 47.1 Å². The van der Waals surface area contributed by atoms with Crippen LogP contribution in [0.3, 0.4) is 0 Å². The molecule has 6 heteroatoms. The lowest BCUT2D eigenvalue weighted by molar-refractivity contribution is 0.0466. The minimum absolute atomic E-state index is 0.100. The molecule has 0 saturated heterocycles. The highest BCUT2D eigenvalue weighted by molar-refractivity contribution is 5.90. The Balaban J connectivity index is 1.54. The summed E-state index contributed by atoms with van der Waals surface area (Å²) in [6.45, 7) is 9.34. The third-order valence-corrected chi connectivity index (χ3v) is 6.22. The first-order valence-corrected chi connectivity index (χ1v) is 11.8. The Hall–Kier alpha value is -3.64. The zero-order chi connectivity index (χ0) is 23.9. The van der Waals surface area contributed by atoms with E-state index in [0.29, 0.717) is 12.2 Å². The van der Waals surface area contributed by atoms with Crippen molar-refractivity contribution in [2.24, 2.45) is 0 Å². The van der Waals surface area contributed by atoms with Crippen LogP contribution in [-0.2, 0) is 4.74 Å². The van der Waals surface area contributed by atoms with Crippen molar-refractivity contribution in [2.75, 3.05) is 31.6 Å². The molecule has 2 heterocycles. The summed E-state index contributed by atoms with van der Waals surface area (Å²) in [7, 11) is 0. The van der Waals surface area contributed by atoms with E-state index < -0.39 is 0 Å². The predicted octanol–water partition coefficient (Wildman–Crippen LogP) is 5.57. The van der Waals surface area contributed by atoms with E-state index in [0.717, 1.165) is 42.1 Å². The second kappa shape index (κ2) is 11.0. The fraction of sp³-hybridized carbons (Fsp3) is 0.286. The minimum atomic E-state index is -0.296. The van der Waals surface area contributed by atoms with Crippen LogP contribution in [0.4, 0.5) is 5.69 Å². The monoisotopic (exact) mass is 456 g/mol. The molecule has 1 unspecified atom stereocenters. The number of aromatic amines is 1. The number of H-pyrrole nitrogens is 1. The molecule has 0 fully saturated rings. The van der Waals surface area contributed by atoms with Gasteiger partial charge in [0.15, 0.2) is 0 Å². The third kappa shape index (κ3) is 5.29. The lowest BCUT2D eigenvalue weighted by atomic mass is 9.96. The van der Waals surface area contributed by atoms with Gasteiger partial charge in [0.1, 0.15) is 6.61 Å². The average Bonchev–Trinajstić information content (AvgIpc) is 3.21. The summed E-state index contributed by atoms with van der Waals surface area (Å²) in [5.74, 6) is -0.296. The zero-order valence-corrected chi connectivity index (χ0v) is 20.0. The van der Waals surface area contributed by atoms with E-state index in [1.54, 1.807) is 6.20 Å². The van der Waals surface area contributed by atoms with Crippen molar-refractivity contribution < 1.29 is 9.53 Å². The van der Waals surface area contributed by atoms with E-state index in [4.69, 9.17) is 4.74 Å². The van der Waals surface area contributed by atoms with Gasteiger partial charge in [-0.2, -0.15) is 0 Å². The lowest BCUT2D eigenvalue weighted by Gasteiger charge is -2.21. The summed E-state index contributed by atoms with van der Waals surface area (Å²) in [6.07, 6.45) is 3.67. The molecule has 4 aromatic rings. The molecule has 34 heavy (non-hydrogen) atoms. The molecule has 0 bridgehead atoms. The molecule has 176 valence electrons. The number of para-hydroxylation sites is 1. The van der Waals surface area contributed by atoms with Crippen LogP contribution in [0.5, 0.6) is 0 Å². The summed E-state index contributed by atoms with van der Waals surface area (Å²) >= 11 is 0. The van der Waals surface area contributed by atoms with Crippen LogP contribution in [0.25, 0.3) is 10.9 Å². The third-order valence-electron chi connectivity index (χ3n) is 6.22. The first-order chi connectivity index (χ1) is 16.6. The van der Waals surface area contributed by atoms with Crippen LogP contribution < -0.4 is 5.32 Å². The molecule has 0 saturated carbocycles. The Labute approximate surface area is 201 Å². The maximum atomic E-state index is 12.5. The second-order valence-corrected chi connectivity index (χ2v) is 8.31. The van der Waals surface area contributed by atoms with E-state index >= 15 is 0 Å². The van der Waals surface area contributed by atoms with Crippen LogP contribution in [0.15, 0.2) is 73.1 Å². The number of nitrogens with one attached hydrogen (secondary N) is 2. The summed E-state index contributed by atoms with van der Waals surface area (Å²) in [6, 6.07) is 19.7. The predicted molar refractivity (Wildman–Crippen MR) is 137 cm³/mol. The fourth-order valence-corrected chi connectivity index (χ4v) is 4.30. The molecule has 4 rings (SSSR count). The van der Waals surface area contributed by atoms with Crippen molar-refractivity contribution in [1.82, 2.24) is 14.9 Å². The van der Waals surface area contributed by atoms with E-state index in [1.807, 2.05) is 42.6 Å². The number of likely N-dealkylation sites (N-methyl/N-ethyl adjacent to an activating group) is 1. The molecule has 0 spiro atoms. The van der Waals surface area contributed by atoms with Gasteiger partial charge >= 0.3 is 5.97 Å². The fourth-order valence-electron chi connectivity index (χ4n) is 4.30. The molecule has 0 amide bonds.